The van der Waals surface area contributed by atoms with Crippen LogP contribution in [0.25, 0.3) is 0 Å². The molecule has 2 amide bonds. The highest BCUT2D eigenvalue weighted by atomic mass is 16.6. The molecule has 5 rings (SSSR count). The van der Waals surface area contributed by atoms with Crippen LogP contribution >= 0.6 is 0 Å². The van der Waals surface area contributed by atoms with Gasteiger partial charge >= 0.3 is 6.09 Å². The molecular weight excluding hydrogens is 478 g/mol. The summed E-state index contributed by atoms with van der Waals surface area (Å²) in [6.07, 6.45) is 2.06. The number of fused-ring (bicyclic) bond motifs is 1. The number of nitrogens with zero attached hydrogens (tertiary/aromatic N) is 4. The van der Waals surface area contributed by atoms with Crippen LogP contribution < -0.4 is 15.1 Å². The summed E-state index contributed by atoms with van der Waals surface area (Å²) in [5.41, 5.74) is 2.35. The number of carbonyl (C=O) groups excluding carboxylic acids is 2. The topological polar surface area (TPSA) is 78.0 Å². The number of pyridine rings is 1. The van der Waals surface area contributed by atoms with Gasteiger partial charge in [-0.3, -0.25) is 4.79 Å². The molecule has 8 heteroatoms. The molecule has 0 spiro atoms. The predicted molar refractivity (Wildman–Crippen MR) is 150 cm³/mol. The van der Waals surface area contributed by atoms with E-state index in [2.05, 4.69) is 35.3 Å². The van der Waals surface area contributed by atoms with Crippen molar-refractivity contribution in [2.45, 2.75) is 78.1 Å². The van der Waals surface area contributed by atoms with Crippen LogP contribution in [0.1, 0.15) is 66.1 Å². The van der Waals surface area contributed by atoms with E-state index in [0.29, 0.717) is 25.6 Å². The summed E-state index contributed by atoms with van der Waals surface area (Å²) in [6, 6.07) is 14.5. The first-order chi connectivity index (χ1) is 18.0. The molecular formula is C30H41N5O3. The number of hydrogen-bond donors (Lipinski definition) is 1. The first-order valence-electron chi connectivity index (χ1n) is 13.9. The average molecular weight is 520 g/mol. The SMILES string of the molecule is CC(=O)N1c2ccc(N3CCN(C(=O)OC(C)(C)C)C(C)C3)nc2[C@H](Nc2ccccc2)[C@@H](C)[C@@H]1C1CC1. The maximum absolute atomic E-state index is 13.0. The monoisotopic (exact) mass is 519 g/mol. The van der Waals surface area contributed by atoms with Gasteiger partial charge in [0.05, 0.1) is 17.4 Å². The van der Waals surface area contributed by atoms with Crippen molar-refractivity contribution in [3.05, 3.63) is 48.2 Å². The van der Waals surface area contributed by atoms with Crippen molar-refractivity contribution in [2.75, 3.05) is 34.8 Å². The summed E-state index contributed by atoms with van der Waals surface area (Å²) in [5.74, 6) is 1.68. The maximum atomic E-state index is 13.0. The van der Waals surface area contributed by atoms with E-state index >= 15 is 0 Å². The lowest BCUT2D eigenvalue weighted by molar-refractivity contribution is -0.117. The number of rotatable bonds is 4. The van der Waals surface area contributed by atoms with E-state index < -0.39 is 5.60 Å². The molecule has 1 N–H and O–H groups in total. The number of para-hydroxylation sites is 1. The fourth-order valence-electron chi connectivity index (χ4n) is 6.04. The summed E-state index contributed by atoms with van der Waals surface area (Å²) in [4.78, 5) is 36.9. The summed E-state index contributed by atoms with van der Waals surface area (Å²) >= 11 is 0. The third-order valence-corrected chi connectivity index (χ3v) is 7.92. The number of amides is 2. The minimum Gasteiger partial charge on any atom is -0.444 e. The zero-order valence-electron chi connectivity index (χ0n) is 23.5. The van der Waals surface area contributed by atoms with Crippen molar-refractivity contribution in [2.24, 2.45) is 11.8 Å². The fraction of sp³-hybridized carbons (Fsp3) is 0.567. The quantitative estimate of drug-likeness (QED) is 0.578. The minimum atomic E-state index is -0.521. The zero-order chi connectivity index (χ0) is 27.2. The molecule has 1 saturated heterocycles. The summed E-state index contributed by atoms with van der Waals surface area (Å²) < 4.78 is 5.62. The second kappa shape index (κ2) is 10.1. The van der Waals surface area contributed by atoms with Gasteiger partial charge < -0.3 is 24.8 Å². The van der Waals surface area contributed by atoms with E-state index in [9.17, 15) is 9.59 Å². The van der Waals surface area contributed by atoms with Gasteiger partial charge in [0.15, 0.2) is 0 Å². The van der Waals surface area contributed by atoms with E-state index in [4.69, 9.17) is 9.72 Å². The van der Waals surface area contributed by atoms with Crippen LogP contribution in [0.15, 0.2) is 42.5 Å². The Morgan fingerprint density at radius 1 is 1.03 bits per heavy atom. The van der Waals surface area contributed by atoms with Crippen LogP contribution in [0.5, 0.6) is 0 Å². The van der Waals surface area contributed by atoms with Crippen molar-refractivity contribution in [3.8, 4) is 0 Å². The molecule has 38 heavy (non-hydrogen) atoms. The molecule has 2 aliphatic heterocycles. The molecule has 8 nitrogen and oxygen atoms in total. The molecule has 0 radical (unpaired) electrons. The van der Waals surface area contributed by atoms with Gasteiger partial charge in [-0.1, -0.05) is 25.1 Å². The van der Waals surface area contributed by atoms with E-state index in [1.807, 2.05) is 56.9 Å². The van der Waals surface area contributed by atoms with Gasteiger partial charge in [-0.2, -0.15) is 0 Å². The van der Waals surface area contributed by atoms with Crippen LogP contribution in [0, 0.1) is 11.8 Å². The number of piperazine rings is 1. The molecule has 1 unspecified atom stereocenters. The maximum Gasteiger partial charge on any atom is 0.410 e. The number of ether oxygens (including phenoxy) is 1. The number of carbonyl (C=O) groups is 2. The molecule has 1 aromatic carbocycles. The van der Waals surface area contributed by atoms with E-state index in [-0.39, 0.29) is 36.0 Å². The number of anilines is 3. The van der Waals surface area contributed by atoms with Crippen LogP contribution in [0.2, 0.25) is 0 Å². The summed E-state index contributed by atoms with van der Waals surface area (Å²) in [5, 5.41) is 3.75. The second-order valence-corrected chi connectivity index (χ2v) is 12.1. The first-order valence-corrected chi connectivity index (χ1v) is 13.9. The van der Waals surface area contributed by atoms with Crippen LogP contribution in [0.3, 0.4) is 0 Å². The molecule has 1 aromatic heterocycles. The van der Waals surface area contributed by atoms with Gasteiger partial charge in [0.25, 0.3) is 0 Å². The van der Waals surface area contributed by atoms with Crippen LogP contribution in [0.4, 0.5) is 22.0 Å². The molecule has 1 saturated carbocycles. The van der Waals surface area contributed by atoms with Crippen molar-refractivity contribution < 1.29 is 14.3 Å². The highest BCUT2D eigenvalue weighted by Crippen LogP contribution is 2.49. The minimum absolute atomic E-state index is 0.0124. The van der Waals surface area contributed by atoms with E-state index in [1.165, 1.54) is 0 Å². The second-order valence-electron chi connectivity index (χ2n) is 12.1. The third-order valence-electron chi connectivity index (χ3n) is 7.92. The molecule has 4 atom stereocenters. The lowest BCUT2D eigenvalue weighted by atomic mass is 9.82. The average Bonchev–Trinajstić information content (AvgIpc) is 3.69. The van der Waals surface area contributed by atoms with Gasteiger partial charge in [0, 0.05) is 50.2 Å². The number of hydrogen-bond acceptors (Lipinski definition) is 6. The molecule has 3 heterocycles. The van der Waals surface area contributed by atoms with Crippen molar-refractivity contribution in [3.63, 3.8) is 0 Å². The standard InChI is InChI=1S/C30H41N5O3/c1-19-18-33(16-17-34(19)29(37)38-30(4,5)6)25-15-14-24-27(32-25)26(31-23-10-8-7-9-11-23)20(2)28(22-12-13-22)35(24)21(3)36/h7-11,14-15,19-20,22,26,28,31H,12-13,16-18H2,1-6H3/t19?,20-,26-,28-/m1/s1. The molecule has 204 valence electrons. The molecule has 0 bridgehead atoms. The Labute approximate surface area is 226 Å². The Bertz CT molecular complexity index is 1180. The smallest absolute Gasteiger partial charge is 0.410 e. The Kier molecular flexibility index (Phi) is 7.01. The van der Waals surface area contributed by atoms with E-state index in [0.717, 1.165) is 35.7 Å². The lowest BCUT2D eigenvalue weighted by Crippen LogP contribution is -2.55. The Hall–Kier alpha value is -3.29. The highest BCUT2D eigenvalue weighted by Gasteiger charge is 2.48. The Balaban J connectivity index is 1.45. The number of benzene rings is 1. The van der Waals surface area contributed by atoms with Crippen molar-refractivity contribution in [1.29, 1.82) is 0 Å². The molecule has 2 aromatic rings. The summed E-state index contributed by atoms with van der Waals surface area (Å²) in [6.45, 7) is 13.5. The fourth-order valence-corrected chi connectivity index (χ4v) is 6.04. The Morgan fingerprint density at radius 3 is 2.34 bits per heavy atom. The molecule has 3 aliphatic rings. The first kappa shape index (κ1) is 26.3. The third kappa shape index (κ3) is 5.31. The van der Waals surface area contributed by atoms with Gasteiger partial charge in [0.2, 0.25) is 5.91 Å². The van der Waals surface area contributed by atoms with Gasteiger partial charge in [-0.15, -0.1) is 0 Å². The molecule has 2 fully saturated rings. The van der Waals surface area contributed by atoms with Crippen molar-refractivity contribution in [1.82, 2.24) is 9.88 Å². The molecule has 1 aliphatic carbocycles. The van der Waals surface area contributed by atoms with E-state index in [1.54, 1.807) is 11.8 Å². The lowest BCUT2D eigenvalue weighted by Gasteiger charge is -2.46. The number of aromatic nitrogens is 1. The Morgan fingerprint density at radius 2 is 1.74 bits per heavy atom. The largest absolute Gasteiger partial charge is 0.444 e. The predicted octanol–water partition coefficient (Wildman–Crippen LogP) is 5.46. The zero-order valence-corrected chi connectivity index (χ0v) is 23.5. The van der Waals surface area contributed by atoms with Crippen LogP contribution in [-0.4, -0.2) is 59.2 Å². The van der Waals surface area contributed by atoms with Crippen LogP contribution in [-0.2, 0) is 9.53 Å². The van der Waals surface area contributed by atoms with Gasteiger partial charge in [-0.05, 0) is 70.7 Å². The van der Waals surface area contributed by atoms with Gasteiger partial charge in [0.1, 0.15) is 11.4 Å². The van der Waals surface area contributed by atoms with Gasteiger partial charge in [-0.25, -0.2) is 9.78 Å². The number of nitrogens with one attached hydrogen (secondary N) is 1. The highest BCUT2D eigenvalue weighted by molar-refractivity contribution is 5.94. The normalized spacial score (nSPS) is 25.6. The summed E-state index contributed by atoms with van der Waals surface area (Å²) in [7, 11) is 0. The van der Waals surface area contributed by atoms with Crippen molar-refractivity contribution >= 4 is 29.2 Å².